The zero-order valence-electron chi connectivity index (χ0n) is 9.80. The highest BCUT2D eigenvalue weighted by Gasteiger charge is 1.99. The van der Waals surface area contributed by atoms with Gasteiger partial charge in [0.25, 0.3) is 0 Å². The Morgan fingerprint density at radius 1 is 0.944 bits per heavy atom. The van der Waals surface area contributed by atoms with Crippen molar-refractivity contribution in [2.24, 2.45) is 0 Å². The van der Waals surface area contributed by atoms with Crippen molar-refractivity contribution in [1.29, 1.82) is 0 Å². The van der Waals surface area contributed by atoms with E-state index in [2.05, 4.69) is 22.2 Å². The summed E-state index contributed by atoms with van der Waals surface area (Å²) in [5.41, 5.74) is 2.88. The maximum Gasteiger partial charge on any atom is 0.227 e. The number of benzene rings is 2. The lowest BCUT2D eigenvalue weighted by atomic mass is 10.2. The maximum absolute atomic E-state index is 4.46. The SMILES string of the molecule is [CH2]c1ccc(Nc2ncc3ccccc3n2)cc1. The van der Waals surface area contributed by atoms with Crippen LogP contribution in [0.4, 0.5) is 11.6 Å². The Morgan fingerprint density at radius 3 is 2.56 bits per heavy atom. The average Bonchev–Trinajstić information content (AvgIpc) is 2.41. The largest absolute Gasteiger partial charge is 0.324 e. The van der Waals surface area contributed by atoms with Crippen molar-refractivity contribution in [2.45, 2.75) is 0 Å². The summed E-state index contributed by atoms with van der Waals surface area (Å²) in [6.07, 6.45) is 1.82. The van der Waals surface area contributed by atoms with E-state index in [1.54, 1.807) is 0 Å². The first-order valence-electron chi connectivity index (χ1n) is 5.72. The lowest BCUT2D eigenvalue weighted by Gasteiger charge is -2.05. The van der Waals surface area contributed by atoms with E-state index in [0.29, 0.717) is 5.95 Å². The topological polar surface area (TPSA) is 37.8 Å². The van der Waals surface area contributed by atoms with Gasteiger partial charge in [0.1, 0.15) is 0 Å². The Kier molecular flexibility index (Phi) is 2.65. The lowest BCUT2D eigenvalue weighted by molar-refractivity contribution is 1.21. The number of rotatable bonds is 2. The minimum Gasteiger partial charge on any atom is -0.324 e. The summed E-state index contributed by atoms with van der Waals surface area (Å²) in [5, 5.41) is 4.21. The van der Waals surface area contributed by atoms with E-state index in [1.807, 2.05) is 54.7 Å². The van der Waals surface area contributed by atoms with Crippen molar-refractivity contribution in [3.63, 3.8) is 0 Å². The van der Waals surface area contributed by atoms with Crippen LogP contribution in [0.2, 0.25) is 0 Å². The van der Waals surface area contributed by atoms with Gasteiger partial charge >= 0.3 is 0 Å². The zero-order valence-corrected chi connectivity index (χ0v) is 9.80. The van der Waals surface area contributed by atoms with Crippen LogP contribution in [-0.4, -0.2) is 9.97 Å². The number of hydrogen-bond acceptors (Lipinski definition) is 3. The summed E-state index contributed by atoms with van der Waals surface area (Å²) >= 11 is 0. The summed E-state index contributed by atoms with van der Waals surface area (Å²) < 4.78 is 0. The summed E-state index contributed by atoms with van der Waals surface area (Å²) in [6, 6.07) is 15.7. The third-order valence-electron chi connectivity index (χ3n) is 2.70. The first kappa shape index (κ1) is 10.7. The van der Waals surface area contributed by atoms with Gasteiger partial charge in [-0.1, -0.05) is 30.3 Å². The van der Waals surface area contributed by atoms with Crippen LogP contribution in [0.25, 0.3) is 10.9 Å². The molecular weight excluding hydrogens is 222 g/mol. The van der Waals surface area contributed by atoms with Gasteiger partial charge in [-0.3, -0.25) is 0 Å². The fraction of sp³-hybridized carbons (Fsp3) is 0. The van der Waals surface area contributed by atoms with Crippen LogP contribution in [0.3, 0.4) is 0 Å². The van der Waals surface area contributed by atoms with Gasteiger partial charge in [0.2, 0.25) is 5.95 Å². The molecule has 0 saturated carbocycles. The minimum absolute atomic E-state index is 0.602. The van der Waals surface area contributed by atoms with Crippen molar-refractivity contribution in [1.82, 2.24) is 9.97 Å². The molecule has 0 spiro atoms. The van der Waals surface area contributed by atoms with Gasteiger partial charge in [0.05, 0.1) is 5.52 Å². The molecule has 0 fully saturated rings. The van der Waals surface area contributed by atoms with Crippen molar-refractivity contribution in [3.05, 3.63) is 67.2 Å². The number of para-hydroxylation sites is 1. The molecule has 0 aliphatic carbocycles. The predicted molar refractivity (Wildman–Crippen MR) is 73.7 cm³/mol. The van der Waals surface area contributed by atoms with E-state index < -0.39 is 0 Å². The van der Waals surface area contributed by atoms with E-state index in [4.69, 9.17) is 0 Å². The number of aromatic nitrogens is 2. The molecule has 0 amide bonds. The van der Waals surface area contributed by atoms with Gasteiger partial charge in [-0.25, -0.2) is 9.97 Å². The molecule has 1 N–H and O–H groups in total. The molecule has 3 aromatic rings. The van der Waals surface area contributed by atoms with Crippen LogP contribution in [0.1, 0.15) is 5.56 Å². The van der Waals surface area contributed by atoms with Crippen molar-refractivity contribution >= 4 is 22.5 Å². The molecule has 0 aliphatic rings. The molecule has 1 aromatic heterocycles. The van der Waals surface area contributed by atoms with Crippen molar-refractivity contribution < 1.29 is 0 Å². The second kappa shape index (κ2) is 4.45. The van der Waals surface area contributed by atoms with Crippen molar-refractivity contribution in [3.8, 4) is 0 Å². The van der Waals surface area contributed by atoms with E-state index in [9.17, 15) is 0 Å². The molecule has 1 radical (unpaired) electrons. The predicted octanol–water partition coefficient (Wildman–Crippen LogP) is 3.56. The number of fused-ring (bicyclic) bond motifs is 1. The summed E-state index contributed by atoms with van der Waals surface area (Å²) in [7, 11) is 0. The monoisotopic (exact) mass is 234 g/mol. The molecule has 0 bridgehead atoms. The van der Waals surface area contributed by atoms with Crippen LogP contribution >= 0.6 is 0 Å². The Bertz CT molecular complexity index is 675. The first-order valence-corrected chi connectivity index (χ1v) is 5.72. The molecule has 87 valence electrons. The number of anilines is 2. The summed E-state index contributed by atoms with van der Waals surface area (Å²) in [6.45, 7) is 3.85. The first-order chi connectivity index (χ1) is 8.81. The highest BCUT2D eigenvalue weighted by atomic mass is 15.1. The summed E-state index contributed by atoms with van der Waals surface area (Å²) in [4.78, 5) is 8.74. The highest BCUT2D eigenvalue weighted by molar-refractivity contribution is 5.78. The van der Waals surface area contributed by atoms with Crippen LogP contribution in [0.15, 0.2) is 54.7 Å². The Morgan fingerprint density at radius 2 is 1.72 bits per heavy atom. The Hall–Kier alpha value is -2.42. The van der Waals surface area contributed by atoms with Gasteiger partial charge in [0, 0.05) is 17.3 Å². The molecule has 3 nitrogen and oxygen atoms in total. The molecule has 3 heteroatoms. The quantitative estimate of drug-likeness (QED) is 0.736. The number of hydrogen-bond donors (Lipinski definition) is 1. The van der Waals surface area contributed by atoms with E-state index in [0.717, 1.165) is 22.2 Å². The highest BCUT2D eigenvalue weighted by Crippen LogP contribution is 2.16. The second-order valence-electron chi connectivity index (χ2n) is 4.07. The molecule has 2 aromatic carbocycles. The van der Waals surface area contributed by atoms with Crippen LogP contribution in [-0.2, 0) is 0 Å². The number of nitrogens with zero attached hydrogens (tertiary/aromatic N) is 2. The van der Waals surface area contributed by atoms with Gasteiger partial charge in [-0.2, -0.15) is 0 Å². The minimum atomic E-state index is 0.602. The van der Waals surface area contributed by atoms with Crippen LogP contribution < -0.4 is 5.32 Å². The molecule has 0 unspecified atom stereocenters. The van der Waals surface area contributed by atoms with Crippen LogP contribution in [0, 0.1) is 6.92 Å². The van der Waals surface area contributed by atoms with Crippen molar-refractivity contribution in [2.75, 3.05) is 5.32 Å². The molecule has 3 rings (SSSR count). The fourth-order valence-corrected chi connectivity index (χ4v) is 1.75. The molecular formula is C15H12N3. The fourth-order valence-electron chi connectivity index (χ4n) is 1.75. The maximum atomic E-state index is 4.46. The van der Waals surface area contributed by atoms with Gasteiger partial charge in [0.15, 0.2) is 0 Å². The van der Waals surface area contributed by atoms with Gasteiger partial charge < -0.3 is 5.32 Å². The molecule has 0 atom stereocenters. The van der Waals surface area contributed by atoms with E-state index in [1.165, 1.54) is 0 Å². The molecule has 0 saturated heterocycles. The molecule has 18 heavy (non-hydrogen) atoms. The van der Waals surface area contributed by atoms with Gasteiger partial charge in [-0.15, -0.1) is 0 Å². The van der Waals surface area contributed by atoms with E-state index in [-0.39, 0.29) is 0 Å². The third kappa shape index (κ3) is 2.15. The molecule has 1 heterocycles. The van der Waals surface area contributed by atoms with E-state index >= 15 is 0 Å². The summed E-state index contributed by atoms with van der Waals surface area (Å²) in [5.74, 6) is 0.602. The normalized spacial score (nSPS) is 10.5. The number of nitrogens with one attached hydrogen (secondary N) is 1. The lowest BCUT2D eigenvalue weighted by Crippen LogP contribution is -1.96. The smallest absolute Gasteiger partial charge is 0.227 e. The standard InChI is InChI=1S/C15H12N3/c1-11-6-8-13(9-7-11)17-15-16-10-12-4-2-3-5-14(12)18-15/h2-10H,1H2,(H,16,17,18). The average molecular weight is 234 g/mol. The van der Waals surface area contributed by atoms with Crippen LogP contribution in [0.5, 0.6) is 0 Å². The Balaban J connectivity index is 1.92. The Labute approximate surface area is 106 Å². The third-order valence-corrected chi connectivity index (χ3v) is 2.70. The molecule has 0 aliphatic heterocycles. The zero-order chi connectivity index (χ0) is 12.4. The second-order valence-corrected chi connectivity index (χ2v) is 4.07. The van der Waals surface area contributed by atoms with Gasteiger partial charge in [-0.05, 0) is 30.7 Å².